The number of nitrogens with two attached hydrogens (primary N) is 5. The molecule has 1 saturated heterocycles. The fourth-order valence-corrected chi connectivity index (χ4v) is 11.9. The maximum absolute atomic E-state index is 14.5. The van der Waals surface area contributed by atoms with Crippen LogP contribution in [0.4, 0.5) is 0 Å². The zero-order chi connectivity index (χ0) is 84.7. The number of likely N-dealkylation sites (N-methyl/N-ethyl adjacent to an activating group) is 1. The predicted octanol–water partition coefficient (Wildman–Crippen LogP) is -7.21. The van der Waals surface area contributed by atoms with Crippen LogP contribution in [-0.2, 0) is 73.5 Å². The highest BCUT2D eigenvalue weighted by Crippen LogP contribution is 2.19. The Morgan fingerprint density at radius 1 is 0.478 bits per heavy atom. The molecule has 0 aromatic heterocycles. The third-order valence-electron chi connectivity index (χ3n) is 17.3. The summed E-state index contributed by atoms with van der Waals surface area (Å²) in [6.45, 7) is 7.11. The molecule has 44 heteroatoms. The van der Waals surface area contributed by atoms with E-state index in [2.05, 4.69) is 90.4 Å². The number of nitrogens with one attached hydrogen (secondary N) is 22. The number of likely N-dealkylation sites (tertiary alicyclic amines) is 1. The fraction of sp³-hybridized carbons (Fsp3) is 0.638. The Bertz CT molecular complexity index is 3410. The Hall–Kier alpha value is -11.3. The molecule has 32 N–H and O–H groups in total. The van der Waals surface area contributed by atoms with Crippen molar-refractivity contribution in [2.75, 3.05) is 91.2 Å². The molecular weight excluding hydrogens is 1490 g/mol. The number of carbonyl (C=O) groups excluding carboxylic acids is 14. The summed E-state index contributed by atoms with van der Waals surface area (Å²) in [5, 5.41) is 81.8. The number of nitrogens with zero attached hydrogens (tertiary/aromatic N) is 1. The van der Waals surface area contributed by atoms with Crippen molar-refractivity contribution in [2.24, 2.45) is 40.5 Å². The van der Waals surface area contributed by atoms with Crippen LogP contribution in [-0.4, -0.2) is 263 Å². The first-order valence-corrected chi connectivity index (χ1v) is 38.7. The number of benzene rings is 1. The lowest BCUT2D eigenvalue weighted by Crippen LogP contribution is -2.59. The van der Waals surface area contributed by atoms with Crippen LogP contribution in [0.15, 0.2) is 24.3 Å². The zero-order valence-corrected chi connectivity index (χ0v) is 66.2. The molecule has 0 radical (unpaired) electrons. The van der Waals surface area contributed by atoms with Crippen LogP contribution >= 0.6 is 11.8 Å². The van der Waals surface area contributed by atoms with Crippen molar-refractivity contribution in [3.8, 4) is 0 Å². The molecule has 113 heavy (non-hydrogen) atoms. The molecule has 1 heterocycles. The van der Waals surface area contributed by atoms with Gasteiger partial charge in [0.05, 0.1) is 19.7 Å². The van der Waals surface area contributed by atoms with Gasteiger partial charge < -0.3 is 129 Å². The van der Waals surface area contributed by atoms with E-state index in [1.807, 2.05) is 13.8 Å². The van der Waals surface area contributed by atoms with E-state index in [9.17, 15) is 67.1 Å². The quantitative estimate of drug-likeness (QED) is 0.0125. The van der Waals surface area contributed by atoms with Gasteiger partial charge in [-0.3, -0.25) is 94.2 Å². The van der Waals surface area contributed by atoms with E-state index >= 15 is 0 Å². The number of rotatable bonds is 54. The second kappa shape index (κ2) is 53.5. The average Bonchev–Trinajstić information content (AvgIpc) is 1.62. The standard InChI is InChI=1S/C69H120N28O15S/c1-38(2)32-49(96-64(111)51-19-13-30-97(51)54(101)36-112-31-29-81-55(102)39(3)33-42-20-22-43(23-21-42)41(5)98)58(105)88-35-53(100)91-50(37-113-7)63(110)89-40(4)56(103)87-34-52(99)90-45(15-9-25-83-66(72)73)59(106)93-47(17-11-27-85-68(76)77)61(108)95-48(18-12-28-86-69(78)79)62(109)94-46(16-10-26-84-67(74)75)60(107)92-44(57(104)80-6)14-8-24-82-65(70)71/h20-23,38-40,44-51H,8-19,24-37H2,1-7H3,(H,80,104)(H,81,102)(H,87,103)(H,88,105)(H,89,110)(H,90,99)(H,91,100)(H,92,107)(H,93,106)(H,94,109)(H,95,108)(H,96,111)(H4,70,71,82)(H4,72,73,83)(H4,74,75,84)(H4,76,77,85)(H4,78,79,86)/t39-,40-,44+,45+,46+,47+,48+,49-,50-,51-/m0/s1. The molecule has 0 aliphatic carbocycles. The number of ketones is 1. The monoisotopic (exact) mass is 1610 g/mol. The van der Waals surface area contributed by atoms with Gasteiger partial charge in [0.15, 0.2) is 35.6 Å². The largest absolute Gasteiger partial charge is 0.370 e. The van der Waals surface area contributed by atoms with Gasteiger partial charge in [-0.05, 0) is 121 Å². The number of ether oxygens (including phenoxy) is 1. The van der Waals surface area contributed by atoms with Gasteiger partial charge in [-0.15, -0.1) is 0 Å². The highest BCUT2D eigenvalue weighted by Gasteiger charge is 2.38. The van der Waals surface area contributed by atoms with Gasteiger partial charge in [-0.1, -0.05) is 45.0 Å². The molecular formula is C69H120N28O15S. The lowest BCUT2D eigenvalue weighted by atomic mass is 9.99. The smallest absolute Gasteiger partial charge is 0.249 e. The Morgan fingerprint density at radius 3 is 1.27 bits per heavy atom. The number of carbonyl (C=O) groups is 14. The van der Waals surface area contributed by atoms with Gasteiger partial charge in [-0.25, -0.2) is 0 Å². The molecule has 1 fully saturated rings. The van der Waals surface area contributed by atoms with Crippen molar-refractivity contribution in [1.29, 1.82) is 27.0 Å². The summed E-state index contributed by atoms with van der Waals surface area (Å²) in [5.74, 6) is -12.1. The molecule has 10 atom stereocenters. The maximum atomic E-state index is 14.5. The van der Waals surface area contributed by atoms with Crippen molar-refractivity contribution in [3.63, 3.8) is 0 Å². The SMILES string of the molecule is CNC(=O)[C@@H](CCCNC(=N)N)NC(=O)[C@@H](CCCNC(=N)N)NC(=O)[C@@H](CCCNC(=N)N)NC(=O)[C@@H](CCCNC(=N)N)NC(=O)[C@@H](CCCNC(=N)N)NC(=O)CNC(=O)[C@H](C)NC(=O)[C@H](CSC)NC(=O)CNC(=O)[C@H](CC(C)C)NC(=O)[C@@H]1CCCN1C(=O)COCCNC(=O)[C@@H](C)Cc1ccc(C(C)=O)cc1. The Balaban J connectivity index is 2.21. The van der Waals surface area contributed by atoms with Crippen LogP contribution in [0.3, 0.4) is 0 Å². The molecule has 0 spiro atoms. The molecule has 13 amide bonds. The van der Waals surface area contributed by atoms with E-state index in [1.54, 1.807) is 37.4 Å². The summed E-state index contributed by atoms with van der Waals surface area (Å²) in [7, 11) is 1.35. The molecule has 0 unspecified atom stereocenters. The Labute approximate surface area is 661 Å². The number of hydrogen-bond donors (Lipinski definition) is 27. The first-order valence-electron chi connectivity index (χ1n) is 37.3. The van der Waals surface area contributed by atoms with Crippen molar-refractivity contribution in [3.05, 3.63) is 35.4 Å². The summed E-state index contributed by atoms with van der Waals surface area (Å²) >= 11 is 1.16. The molecule has 2 rings (SSSR count). The van der Waals surface area contributed by atoms with Crippen LogP contribution in [0.25, 0.3) is 0 Å². The van der Waals surface area contributed by atoms with Crippen molar-refractivity contribution >= 4 is 124 Å². The van der Waals surface area contributed by atoms with Crippen LogP contribution in [0.5, 0.6) is 0 Å². The fourth-order valence-electron chi connectivity index (χ4n) is 11.4. The number of guanidine groups is 5. The van der Waals surface area contributed by atoms with Crippen LogP contribution < -0.4 is 119 Å². The topological polar surface area (TPSA) is 705 Å². The molecule has 1 aromatic carbocycles. The van der Waals surface area contributed by atoms with E-state index in [4.69, 9.17) is 60.5 Å². The third kappa shape index (κ3) is 41.0. The minimum Gasteiger partial charge on any atom is -0.370 e. The van der Waals surface area contributed by atoms with Crippen LogP contribution in [0, 0.1) is 38.9 Å². The predicted molar refractivity (Wildman–Crippen MR) is 423 cm³/mol. The number of thioether (sulfide) groups is 1. The first kappa shape index (κ1) is 97.7. The second-order valence-corrected chi connectivity index (χ2v) is 28.2. The third-order valence-corrected chi connectivity index (χ3v) is 17.9. The number of Topliss-reactive ketones (excluding diaryl/α,β-unsaturated/α-hetero) is 1. The normalized spacial score (nSPS) is 14.5. The van der Waals surface area contributed by atoms with Gasteiger partial charge in [0.25, 0.3) is 0 Å². The number of amides is 13. The summed E-state index contributed by atoms with van der Waals surface area (Å²) in [4.78, 5) is 191. The highest BCUT2D eigenvalue weighted by atomic mass is 32.2. The van der Waals surface area contributed by atoms with E-state index in [0.29, 0.717) is 24.8 Å². The Morgan fingerprint density at radius 2 is 0.876 bits per heavy atom. The molecule has 1 aliphatic heterocycles. The molecule has 0 bridgehead atoms. The van der Waals surface area contributed by atoms with E-state index in [1.165, 1.54) is 25.8 Å². The van der Waals surface area contributed by atoms with E-state index < -0.39 is 156 Å². The summed E-state index contributed by atoms with van der Waals surface area (Å²) < 4.78 is 5.57. The van der Waals surface area contributed by atoms with Gasteiger partial charge >= 0.3 is 0 Å². The minimum absolute atomic E-state index is 0.0103. The maximum Gasteiger partial charge on any atom is 0.249 e. The minimum atomic E-state index is -1.50. The zero-order valence-electron chi connectivity index (χ0n) is 65.4. The molecule has 0 saturated carbocycles. The lowest BCUT2D eigenvalue weighted by molar-refractivity contribution is -0.142. The average molecular weight is 1610 g/mol. The molecule has 632 valence electrons. The molecule has 43 nitrogen and oxygen atoms in total. The van der Waals surface area contributed by atoms with Gasteiger partial charge in [0.2, 0.25) is 76.8 Å². The van der Waals surface area contributed by atoms with Gasteiger partial charge in [0, 0.05) is 70.1 Å². The lowest BCUT2D eigenvalue weighted by Gasteiger charge is -2.27. The second-order valence-electron chi connectivity index (χ2n) is 27.3. The molecule has 1 aliphatic rings. The number of hydrogen-bond acceptors (Lipinski definition) is 21. The van der Waals surface area contributed by atoms with Crippen LogP contribution in [0.2, 0.25) is 0 Å². The van der Waals surface area contributed by atoms with Gasteiger partial charge in [0.1, 0.15) is 61.0 Å². The van der Waals surface area contributed by atoms with Crippen molar-refractivity contribution in [2.45, 2.75) is 179 Å². The van der Waals surface area contributed by atoms with Gasteiger partial charge in [-0.2, -0.15) is 11.8 Å². The van der Waals surface area contributed by atoms with Crippen molar-refractivity contribution < 1.29 is 71.9 Å². The van der Waals surface area contributed by atoms with E-state index in [-0.39, 0.29) is 171 Å². The van der Waals surface area contributed by atoms with E-state index in [0.717, 1.165) is 17.3 Å². The molecule has 1 aromatic rings. The summed E-state index contributed by atoms with van der Waals surface area (Å²) in [5.41, 5.74) is 28.8. The summed E-state index contributed by atoms with van der Waals surface area (Å²) in [6.07, 6.45) is 3.19. The first-order chi connectivity index (χ1) is 53.5. The van der Waals surface area contributed by atoms with Crippen LogP contribution in [0.1, 0.15) is 134 Å². The highest BCUT2D eigenvalue weighted by molar-refractivity contribution is 7.98. The summed E-state index contributed by atoms with van der Waals surface area (Å²) in [6, 6.07) is -4.59. The van der Waals surface area contributed by atoms with Crippen molar-refractivity contribution in [1.82, 2.24) is 95.3 Å². The Kier molecular flexibility index (Phi) is 46.3.